The van der Waals surface area contributed by atoms with Crippen LogP contribution in [0, 0.1) is 5.82 Å². The number of hydrogen-bond donors (Lipinski definition) is 1. The summed E-state index contributed by atoms with van der Waals surface area (Å²) in [5.41, 5.74) is 1.54. The van der Waals surface area contributed by atoms with Gasteiger partial charge in [-0.05, 0) is 35.9 Å². The molecule has 90 valence electrons. The first-order valence-corrected chi connectivity index (χ1v) is 5.28. The number of aromatic carboxylic acids is 1. The summed E-state index contributed by atoms with van der Waals surface area (Å²) in [4.78, 5) is 14.8. The predicted molar refractivity (Wildman–Crippen MR) is 66.5 cm³/mol. The molecule has 0 aliphatic heterocycles. The molecule has 0 aliphatic rings. The van der Waals surface area contributed by atoms with Gasteiger partial charge in [0.15, 0.2) is 0 Å². The quantitative estimate of drug-likeness (QED) is 0.901. The summed E-state index contributed by atoms with van der Waals surface area (Å²) in [6.07, 6.45) is 4.86. The van der Waals surface area contributed by atoms with Gasteiger partial charge in [-0.25, -0.2) is 9.18 Å². The van der Waals surface area contributed by atoms with Gasteiger partial charge in [-0.3, -0.25) is 4.98 Å². The molecule has 0 bridgehead atoms. The van der Waals surface area contributed by atoms with Crippen LogP contribution in [0.1, 0.15) is 21.6 Å². The Morgan fingerprint density at radius 3 is 2.56 bits per heavy atom. The van der Waals surface area contributed by atoms with Gasteiger partial charge in [0.05, 0.1) is 11.3 Å². The molecule has 0 radical (unpaired) electrons. The van der Waals surface area contributed by atoms with Crippen LogP contribution in [0.15, 0.2) is 42.6 Å². The summed E-state index contributed by atoms with van der Waals surface area (Å²) in [6.45, 7) is 0. The molecule has 2 aromatic rings. The third-order valence-corrected chi connectivity index (χ3v) is 2.34. The molecule has 1 heterocycles. The number of halogens is 1. The Labute approximate surface area is 103 Å². The number of carbonyl (C=O) groups is 1. The van der Waals surface area contributed by atoms with Crippen molar-refractivity contribution < 1.29 is 14.3 Å². The van der Waals surface area contributed by atoms with E-state index in [2.05, 4.69) is 4.98 Å². The van der Waals surface area contributed by atoms with Gasteiger partial charge in [0, 0.05) is 6.20 Å². The predicted octanol–water partition coefficient (Wildman–Crippen LogP) is 3.09. The van der Waals surface area contributed by atoms with Gasteiger partial charge in [0.1, 0.15) is 5.82 Å². The SMILES string of the molecule is O=C(O)c1ccnc(C=Cc2ccc(F)cc2)c1. The highest BCUT2D eigenvalue weighted by Crippen LogP contribution is 2.09. The van der Waals surface area contributed by atoms with Crippen LogP contribution >= 0.6 is 0 Å². The Bertz CT molecular complexity index is 591. The molecule has 3 nitrogen and oxygen atoms in total. The number of carboxylic acids is 1. The molecule has 0 aliphatic carbocycles. The first-order chi connectivity index (χ1) is 8.65. The Hall–Kier alpha value is -2.49. The van der Waals surface area contributed by atoms with Crippen LogP contribution in [0.4, 0.5) is 4.39 Å². The zero-order valence-corrected chi connectivity index (χ0v) is 9.38. The summed E-state index contributed by atoms with van der Waals surface area (Å²) in [5.74, 6) is -1.29. The lowest BCUT2D eigenvalue weighted by Crippen LogP contribution is -1.96. The van der Waals surface area contributed by atoms with Crippen LogP contribution in [-0.4, -0.2) is 16.1 Å². The van der Waals surface area contributed by atoms with Gasteiger partial charge in [-0.1, -0.05) is 18.2 Å². The maximum atomic E-state index is 12.7. The van der Waals surface area contributed by atoms with Crippen molar-refractivity contribution in [1.29, 1.82) is 0 Å². The Morgan fingerprint density at radius 2 is 1.89 bits per heavy atom. The third kappa shape index (κ3) is 3.01. The summed E-state index contributed by atoms with van der Waals surface area (Å²) in [7, 11) is 0. The summed E-state index contributed by atoms with van der Waals surface area (Å²) in [6, 6.07) is 8.89. The lowest BCUT2D eigenvalue weighted by atomic mass is 10.1. The number of aromatic nitrogens is 1. The topological polar surface area (TPSA) is 50.2 Å². The molecule has 0 atom stereocenters. The Balaban J connectivity index is 2.20. The van der Waals surface area contributed by atoms with Crippen molar-refractivity contribution in [2.45, 2.75) is 0 Å². The minimum atomic E-state index is -0.992. The monoisotopic (exact) mass is 243 g/mol. The molecule has 18 heavy (non-hydrogen) atoms. The number of pyridine rings is 1. The molecular formula is C14H10FNO2. The molecule has 0 saturated heterocycles. The minimum absolute atomic E-state index is 0.184. The second-order valence-electron chi connectivity index (χ2n) is 3.66. The molecule has 2 rings (SSSR count). The fraction of sp³-hybridized carbons (Fsp3) is 0. The number of rotatable bonds is 3. The highest BCUT2D eigenvalue weighted by molar-refractivity contribution is 5.88. The number of hydrogen-bond acceptors (Lipinski definition) is 2. The van der Waals surface area contributed by atoms with E-state index in [9.17, 15) is 9.18 Å². The van der Waals surface area contributed by atoms with E-state index < -0.39 is 5.97 Å². The largest absolute Gasteiger partial charge is 0.478 e. The average molecular weight is 243 g/mol. The lowest BCUT2D eigenvalue weighted by Gasteiger charge is -1.96. The number of carboxylic acid groups (broad SMARTS) is 1. The molecule has 0 saturated carbocycles. The smallest absolute Gasteiger partial charge is 0.335 e. The first kappa shape index (κ1) is 12.0. The van der Waals surface area contributed by atoms with Gasteiger partial charge in [0.2, 0.25) is 0 Å². The second-order valence-corrected chi connectivity index (χ2v) is 3.66. The van der Waals surface area contributed by atoms with E-state index in [4.69, 9.17) is 5.11 Å². The third-order valence-electron chi connectivity index (χ3n) is 2.34. The van der Waals surface area contributed by atoms with E-state index in [1.54, 1.807) is 24.3 Å². The van der Waals surface area contributed by atoms with E-state index in [0.717, 1.165) is 5.56 Å². The molecule has 0 amide bonds. The van der Waals surface area contributed by atoms with Gasteiger partial charge in [-0.15, -0.1) is 0 Å². The maximum Gasteiger partial charge on any atom is 0.335 e. The zero-order chi connectivity index (χ0) is 13.0. The van der Waals surface area contributed by atoms with Crippen molar-refractivity contribution in [3.8, 4) is 0 Å². The molecule has 1 aromatic carbocycles. The van der Waals surface area contributed by atoms with E-state index in [1.165, 1.54) is 30.5 Å². The van der Waals surface area contributed by atoms with Crippen molar-refractivity contribution in [3.63, 3.8) is 0 Å². The van der Waals surface area contributed by atoms with Gasteiger partial charge in [-0.2, -0.15) is 0 Å². The fourth-order valence-corrected chi connectivity index (χ4v) is 1.43. The van der Waals surface area contributed by atoms with E-state index in [-0.39, 0.29) is 11.4 Å². The highest BCUT2D eigenvalue weighted by Gasteiger charge is 2.01. The highest BCUT2D eigenvalue weighted by atomic mass is 19.1. The molecule has 1 aromatic heterocycles. The molecule has 1 N–H and O–H groups in total. The molecule has 0 unspecified atom stereocenters. The fourth-order valence-electron chi connectivity index (χ4n) is 1.43. The Morgan fingerprint density at radius 1 is 1.17 bits per heavy atom. The molecule has 4 heteroatoms. The number of benzene rings is 1. The molecule has 0 fully saturated rings. The summed E-state index contributed by atoms with van der Waals surface area (Å²) >= 11 is 0. The second kappa shape index (κ2) is 5.23. The Kier molecular flexibility index (Phi) is 3.48. The van der Waals surface area contributed by atoms with Gasteiger partial charge in [0.25, 0.3) is 0 Å². The van der Waals surface area contributed by atoms with E-state index in [1.807, 2.05) is 0 Å². The van der Waals surface area contributed by atoms with E-state index >= 15 is 0 Å². The summed E-state index contributed by atoms with van der Waals surface area (Å²) in [5, 5.41) is 8.83. The van der Waals surface area contributed by atoms with Crippen LogP contribution in [0.2, 0.25) is 0 Å². The van der Waals surface area contributed by atoms with Crippen LogP contribution in [0.5, 0.6) is 0 Å². The van der Waals surface area contributed by atoms with Crippen molar-refractivity contribution in [2.75, 3.05) is 0 Å². The normalized spacial score (nSPS) is 10.7. The van der Waals surface area contributed by atoms with Crippen molar-refractivity contribution in [2.24, 2.45) is 0 Å². The van der Waals surface area contributed by atoms with Gasteiger partial charge < -0.3 is 5.11 Å². The first-order valence-electron chi connectivity index (χ1n) is 5.28. The molecular weight excluding hydrogens is 233 g/mol. The average Bonchev–Trinajstić information content (AvgIpc) is 2.38. The standard InChI is InChI=1S/C14H10FNO2/c15-12-4-1-10(2-5-12)3-6-13-9-11(14(17)18)7-8-16-13/h1-9H,(H,17,18). The van der Waals surface area contributed by atoms with Crippen LogP contribution < -0.4 is 0 Å². The van der Waals surface area contributed by atoms with Crippen LogP contribution in [0.3, 0.4) is 0 Å². The number of nitrogens with zero attached hydrogens (tertiary/aromatic N) is 1. The van der Waals surface area contributed by atoms with E-state index in [0.29, 0.717) is 5.69 Å². The minimum Gasteiger partial charge on any atom is -0.478 e. The lowest BCUT2D eigenvalue weighted by molar-refractivity contribution is 0.0696. The molecule has 0 spiro atoms. The van der Waals surface area contributed by atoms with Crippen molar-refractivity contribution in [1.82, 2.24) is 4.98 Å². The van der Waals surface area contributed by atoms with Gasteiger partial charge >= 0.3 is 5.97 Å². The zero-order valence-electron chi connectivity index (χ0n) is 9.38. The summed E-state index contributed by atoms with van der Waals surface area (Å²) < 4.78 is 12.7. The van der Waals surface area contributed by atoms with Crippen molar-refractivity contribution >= 4 is 18.1 Å². The van der Waals surface area contributed by atoms with Crippen LogP contribution in [0.25, 0.3) is 12.2 Å². The van der Waals surface area contributed by atoms with Crippen LogP contribution in [-0.2, 0) is 0 Å². The van der Waals surface area contributed by atoms with Crippen molar-refractivity contribution in [3.05, 3.63) is 65.2 Å². The maximum absolute atomic E-state index is 12.7.